The molecule has 112 valence electrons. The number of ether oxygens (including phenoxy) is 1. The van der Waals surface area contributed by atoms with Crippen LogP contribution in [-0.2, 0) is 4.74 Å². The van der Waals surface area contributed by atoms with E-state index in [1.807, 2.05) is 0 Å². The molecule has 3 atom stereocenters. The number of piperidine rings is 1. The highest BCUT2D eigenvalue weighted by atomic mass is 16.5. The van der Waals surface area contributed by atoms with Crippen LogP contribution in [0.3, 0.4) is 0 Å². The fourth-order valence-electron chi connectivity index (χ4n) is 3.42. The SMILES string of the molecule is CC(CN1CCOCC1)NC(C)C1CCCN(C)C1. The molecular formula is C15H31N3O. The maximum Gasteiger partial charge on any atom is 0.0594 e. The van der Waals surface area contributed by atoms with Gasteiger partial charge in [0.25, 0.3) is 0 Å². The first-order valence-corrected chi connectivity index (χ1v) is 7.90. The smallest absolute Gasteiger partial charge is 0.0594 e. The second-order valence-electron chi connectivity index (χ2n) is 6.43. The summed E-state index contributed by atoms with van der Waals surface area (Å²) in [5.74, 6) is 0.811. The van der Waals surface area contributed by atoms with Gasteiger partial charge in [-0.2, -0.15) is 0 Å². The summed E-state index contributed by atoms with van der Waals surface area (Å²) in [6.07, 6.45) is 2.73. The summed E-state index contributed by atoms with van der Waals surface area (Å²) in [7, 11) is 2.25. The largest absolute Gasteiger partial charge is 0.379 e. The van der Waals surface area contributed by atoms with E-state index in [0.29, 0.717) is 12.1 Å². The second kappa shape index (κ2) is 7.58. The molecule has 3 unspecified atom stereocenters. The molecule has 0 amide bonds. The fourth-order valence-corrected chi connectivity index (χ4v) is 3.42. The normalized spacial score (nSPS) is 30.2. The van der Waals surface area contributed by atoms with Crippen molar-refractivity contribution in [3.63, 3.8) is 0 Å². The third-order valence-corrected chi connectivity index (χ3v) is 4.55. The Balaban J connectivity index is 1.69. The maximum absolute atomic E-state index is 5.40. The molecule has 2 heterocycles. The third kappa shape index (κ3) is 5.03. The first kappa shape index (κ1) is 15.2. The van der Waals surface area contributed by atoms with Gasteiger partial charge >= 0.3 is 0 Å². The van der Waals surface area contributed by atoms with Crippen molar-refractivity contribution in [1.82, 2.24) is 15.1 Å². The molecule has 0 aromatic heterocycles. The molecule has 1 N–H and O–H groups in total. The number of hydrogen-bond acceptors (Lipinski definition) is 4. The predicted octanol–water partition coefficient (Wildman–Crippen LogP) is 1.03. The summed E-state index contributed by atoms with van der Waals surface area (Å²) in [4.78, 5) is 4.99. The van der Waals surface area contributed by atoms with Gasteiger partial charge in [0.1, 0.15) is 0 Å². The molecule has 0 aromatic rings. The summed E-state index contributed by atoms with van der Waals surface area (Å²) in [5.41, 5.74) is 0. The molecule has 2 rings (SSSR count). The highest BCUT2D eigenvalue weighted by Gasteiger charge is 2.24. The van der Waals surface area contributed by atoms with Gasteiger partial charge in [0.2, 0.25) is 0 Å². The van der Waals surface area contributed by atoms with Crippen LogP contribution in [0.25, 0.3) is 0 Å². The van der Waals surface area contributed by atoms with E-state index in [2.05, 4.69) is 36.0 Å². The lowest BCUT2D eigenvalue weighted by Gasteiger charge is -2.36. The highest BCUT2D eigenvalue weighted by molar-refractivity contribution is 4.82. The van der Waals surface area contributed by atoms with Crippen molar-refractivity contribution in [1.29, 1.82) is 0 Å². The lowest BCUT2D eigenvalue weighted by Crippen LogP contribution is -2.50. The average molecular weight is 269 g/mol. The highest BCUT2D eigenvalue weighted by Crippen LogP contribution is 2.18. The zero-order valence-electron chi connectivity index (χ0n) is 12.9. The lowest BCUT2D eigenvalue weighted by molar-refractivity contribution is 0.0331. The van der Waals surface area contributed by atoms with Crippen molar-refractivity contribution in [3.05, 3.63) is 0 Å². The summed E-state index contributed by atoms with van der Waals surface area (Å²) >= 11 is 0. The number of rotatable bonds is 5. The quantitative estimate of drug-likeness (QED) is 0.807. The summed E-state index contributed by atoms with van der Waals surface area (Å²) < 4.78 is 5.40. The second-order valence-corrected chi connectivity index (χ2v) is 6.43. The van der Waals surface area contributed by atoms with Gasteiger partial charge in [-0.1, -0.05) is 0 Å². The maximum atomic E-state index is 5.40. The van der Waals surface area contributed by atoms with Crippen molar-refractivity contribution in [2.24, 2.45) is 5.92 Å². The van der Waals surface area contributed by atoms with Crippen molar-refractivity contribution in [3.8, 4) is 0 Å². The summed E-state index contributed by atoms with van der Waals surface area (Å²) in [5, 5.41) is 3.81. The lowest BCUT2D eigenvalue weighted by atomic mass is 9.91. The Morgan fingerprint density at radius 3 is 2.63 bits per heavy atom. The molecule has 4 heteroatoms. The molecule has 19 heavy (non-hydrogen) atoms. The van der Waals surface area contributed by atoms with E-state index in [0.717, 1.165) is 38.8 Å². The number of nitrogens with zero attached hydrogens (tertiary/aromatic N) is 2. The van der Waals surface area contributed by atoms with Crippen LogP contribution in [0.4, 0.5) is 0 Å². The Labute approximate surface area is 118 Å². The molecule has 2 saturated heterocycles. The number of hydrogen-bond donors (Lipinski definition) is 1. The molecule has 4 nitrogen and oxygen atoms in total. The molecule has 0 radical (unpaired) electrons. The predicted molar refractivity (Wildman–Crippen MR) is 79.5 cm³/mol. The van der Waals surface area contributed by atoms with E-state index in [-0.39, 0.29) is 0 Å². The van der Waals surface area contributed by atoms with Gasteiger partial charge in [-0.3, -0.25) is 4.90 Å². The number of morpholine rings is 1. The van der Waals surface area contributed by atoms with Crippen molar-refractivity contribution in [2.45, 2.75) is 38.8 Å². The molecule has 0 aromatic carbocycles. The Morgan fingerprint density at radius 1 is 1.21 bits per heavy atom. The van der Waals surface area contributed by atoms with E-state index >= 15 is 0 Å². The van der Waals surface area contributed by atoms with Gasteiger partial charge in [0, 0.05) is 38.3 Å². The Kier molecular flexibility index (Phi) is 6.07. The summed E-state index contributed by atoms with van der Waals surface area (Å²) in [6, 6.07) is 1.19. The van der Waals surface area contributed by atoms with E-state index in [4.69, 9.17) is 4.74 Å². The van der Waals surface area contributed by atoms with E-state index < -0.39 is 0 Å². The van der Waals surface area contributed by atoms with Crippen molar-refractivity contribution < 1.29 is 4.74 Å². The van der Waals surface area contributed by atoms with Crippen LogP contribution in [0.1, 0.15) is 26.7 Å². The number of nitrogens with one attached hydrogen (secondary N) is 1. The van der Waals surface area contributed by atoms with Gasteiger partial charge in [-0.25, -0.2) is 0 Å². The van der Waals surface area contributed by atoms with Gasteiger partial charge in [-0.15, -0.1) is 0 Å². The first-order valence-electron chi connectivity index (χ1n) is 7.90. The topological polar surface area (TPSA) is 27.7 Å². The zero-order chi connectivity index (χ0) is 13.7. The Hall–Kier alpha value is -0.160. The minimum absolute atomic E-state index is 0.570. The molecule has 2 aliphatic rings. The van der Waals surface area contributed by atoms with Crippen LogP contribution >= 0.6 is 0 Å². The monoisotopic (exact) mass is 269 g/mol. The van der Waals surface area contributed by atoms with Crippen molar-refractivity contribution >= 4 is 0 Å². The molecule has 0 saturated carbocycles. The Morgan fingerprint density at radius 2 is 1.95 bits per heavy atom. The molecule has 0 spiro atoms. The third-order valence-electron chi connectivity index (χ3n) is 4.55. The van der Waals surface area contributed by atoms with Gasteiger partial charge in [0.05, 0.1) is 13.2 Å². The summed E-state index contributed by atoms with van der Waals surface area (Å²) in [6.45, 7) is 12.3. The molecule has 0 bridgehead atoms. The van der Waals surface area contributed by atoms with Crippen LogP contribution in [0.15, 0.2) is 0 Å². The van der Waals surface area contributed by atoms with Crippen LogP contribution < -0.4 is 5.32 Å². The van der Waals surface area contributed by atoms with Crippen molar-refractivity contribution in [2.75, 3.05) is 53.0 Å². The van der Waals surface area contributed by atoms with Crippen LogP contribution in [-0.4, -0.2) is 74.9 Å². The van der Waals surface area contributed by atoms with E-state index in [1.54, 1.807) is 0 Å². The number of likely N-dealkylation sites (tertiary alicyclic amines) is 1. The molecule has 2 fully saturated rings. The van der Waals surface area contributed by atoms with Crippen LogP contribution in [0, 0.1) is 5.92 Å². The van der Waals surface area contributed by atoms with Crippen LogP contribution in [0.5, 0.6) is 0 Å². The average Bonchev–Trinajstić information content (AvgIpc) is 2.39. The van der Waals surface area contributed by atoms with E-state index in [1.165, 1.54) is 25.9 Å². The standard InChI is InChI=1S/C15H31N3O/c1-13(11-18-7-9-19-10-8-18)16-14(2)15-5-4-6-17(3)12-15/h13-16H,4-12H2,1-3H3. The van der Waals surface area contributed by atoms with E-state index in [9.17, 15) is 0 Å². The van der Waals surface area contributed by atoms with Gasteiger partial charge in [-0.05, 0) is 46.2 Å². The molecule has 2 aliphatic heterocycles. The zero-order valence-corrected chi connectivity index (χ0v) is 12.9. The minimum Gasteiger partial charge on any atom is -0.379 e. The van der Waals surface area contributed by atoms with Gasteiger partial charge < -0.3 is 15.0 Å². The van der Waals surface area contributed by atoms with Gasteiger partial charge in [0.15, 0.2) is 0 Å². The minimum atomic E-state index is 0.570. The fraction of sp³-hybridized carbons (Fsp3) is 1.00. The molecular weight excluding hydrogens is 238 g/mol. The molecule has 0 aliphatic carbocycles. The van der Waals surface area contributed by atoms with Crippen LogP contribution in [0.2, 0.25) is 0 Å². The first-order chi connectivity index (χ1) is 9.15. The Bertz CT molecular complexity index is 256.